The zero-order chi connectivity index (χ0) is 14.8. The van der Waals surface area contributed by atoms with Crippen LogP contribution in [0.1, 0.15) is 6.92 Å². The van der Waals surface area contributed by atoms with Gasteiger partial charge in [0.05, 0.1) is 0 Å². The Bertz CT molecular complexity index is 465. The van der Waals surface area contributed by atoms with Crippen molar-refractivity contribution in [2.45, 2.75) is 13.3 Å². The number of benzene rings is 1. The van der Waals surface area contributed by atoms with E-state index < -0.39 is 6.36 Å². The van der Waals surface area contributed by atoms with Gasteiger partial charge in [0.15, 0.2) is 0 Å². The van der Waals surface area contributed by atoms with Crippen LogP contribution in [-0.2, 0) is 4.79 Å². The van der Waals surface area contributed by atoms with Crippen molar-refractivity contribution in [3.63, 3.8) is 0 Å². The lowest BCUT2D eigenvalue weighted by atomic mass is 10.2. The van der Waals surface area contributed by atoms with Gasteiger partial charge in [-0.25, -0.2) is 0 Å². The molecule has 0 atom stereocenters. The minimum Gasteiger partial charge on any atom is -0.406 e. The van der Waals surface area contributed by atoms with E-state index in [4.69, 9.17) is 0 Å². The molecule has 1 aliphatic rings. The summed E-state index contributed by atoms with van der Waals surface area (Å²) in [5.41, 5.74) is 0.822. The summed E-state index contributed by atoms with van der Waals surface area (Å²) in [5.74, 6) is -0.192. The highest BCUT2D eigenvalue weighted by molar-refractivity contribution is 5.73. The number of piperazine rings is 1. The van der Waals surface area contributed by atoms with E-state index in [-0.39, 0.29) is 11.7 Å². The molecule has 1 aromatic rings. The van der Waals surface area contributed by atoms with Gasteiger partial charge >= 0.3 is 6.36 Å². The van der Waals surface area contributed by atoms with E-state index in [0.717, 1.165) is 5.69 Å². The summed E-state index contributed by atoms with van der Waals surface area (Å²) in [5, 5.41) is 0. The SMILES string of the molecule is CC(=O)N1CCN(c2ccc(OC(F)(F)F)cc2)CC1. The van der Waals surface area contributed by atoms with Crippen LogP contribution in [0.5, 0.6) is 5.75 Å². The highest BCUT2D eigenvalue weighted by Gasteiger charge is 2.31. The zero-order valence-electron chi connectivity index (χ0n) is 11.0. The molecule has 1 saturated heterocycles. The predicted octanol–water partition coefficient (Wildman–Crippen LogP) is 2.25. The van der Waals surface area contributed by atoms with Crippen LogP contribution in [0.25, 0.3) is 0 Å². The summed E-state index contributed by atoms with van der Waals surface area (Å²) in [7, 11) is 0. The highest BCUT2D eigenvalue weighted by atomic mass is 19.4. The predicted molar refractivity (Wildman–Crippen MR) is 67.6 cm³/mol. The number of carbonyl (C=O) groups excluding carboxylic acids is 1. The molecule has 4 nitrogen and oxygen atoms in total. The van der Waals surface area contributed by atoms with Crippen molar-refractivity contribution in [2.24, 2.45) is 0 Å². The monoisotopic (exact) mass is 288 g/mol. The van der Waals surface area contributed by atoms with Crippen molar-refractivity contribution in [3.8, 4) is 5.75 Å². The van der Waals surface area contributed by atoms with Crippen LogP contribution in [0.2, 0.25) is 0 Å². The fourth-order valence-electron chi connectivity index (χ4n) is 2.14. The van der Waals surface area contributed by atoms with Gasteiger partial charge < -0.3 is 14.5 Å². The molecule has 110 valence electrons. The third kappa shape index (κ3) is 3.79. The topological polar surface area (TPSA) is 32.8 Å². The molecule has 0 unspecified atom stereocenters. The van der Waals surface area contributed by atoms with Crippen molar-refractivity contribution in [3.05, 3.63) is 24.3 Å². The van der Waals surface area contributed by atoms with Crippen LogP contribution in [0, 0.1) is 0 Å². The Morgan fingerprint density at radius 2 is 1.65 bits per heavy atom. The summed E-state index contributed by atoms with van der Waals surface area (Å²) >= 11 is 0. The third-order valence-electron chi connectivity index (χ3n) is 3.16. The van der Waals surface area contributed by atoms with Crippen molar-refractivity contribution in [2.75, 3.05) is 31.1 Å². The molecule has 1 aromatic carbocycles. The van der Waals surface area contributed by atoms with Gasteiger partial charge in [-0.2, -0.15) is 0 Å². The first-order valence-electron chi connectivity index (χ1n) is 6.21. The van der Waals surface area contributed by atoms with Crippen molar-refractivity contribution in [1.82, 2.24) is 4.90 Å². The average Bonchev–Trinajstić information content (AvgIpc) is 2.38. The van der Waals surface area contributed by atoms with E-state index in [2.05, 4.69) is 4.74 Å². The Hall–Kier alpha value is -1.92. The summed E-state index contributed by atoms with van der Waals surface area (Å²) in [6.07, 6.45) is -4.67. The van der Waals surface area contributed by atoms with Crippen LogP contribution in [0.15, 0.2) is 24.3 Å². The molecule has 1 aliphatic heterocycles. The van der Waals surface area contributed by atoms with Crippen molar-refractivity contribution < 1.29 is 22.7 Å². The van der Waals surface area contributed by atoms with Crippen LogP contribution in [0.3, 0.4) is 0 Å². The second kappa shape index (κ2) is 5.60. The Balaban J connectivity index is 1.96. The first kappa shape index (κ1) is 14.5. The lowest BCUT2D eigenvalue weighted by molar-refractivity contribution is -0.274. The second-order valence-electron chi connectivity index (χ2n) is 4.53. The van der Waals surface area contributed by atoms with Crippen LogP contribution in [-0.4, -0.2) is 43.3 Å². The molecule has 0 bridgehead atoms. The number of hydrogen-bond acceptors (Lipinski definition) is 3. The van der Waals surface area contributed by atoms with E-state index in [0.29, 0.717) is 26.2 Å². The molecule has 0 spiro atoms. The van der Waals surface area contributed by atoms with Gasteiger partial charge in [-0.15, -0.1) is 13.2 Å². The number of ether oxygens (including phenoxy) is 1. The van der Waals surface area contributed by atoms with Gasteiger partial charge in [-0.05, 0) is 24.3 Å². The summed E-state index contributed by atoms with van der Waals surface area (Å²) < 4.78 is 40.0. The molecule has 0 radical (unpaired) electrons. The van der Waals surface area contributed by atoms with Crippen LogP contribution >= 0.6 is 0 Å². The molecule has 0 aromatic heterocycles. The average molecular weight is 288 g/mol. The summed E-state index contributed by atoms with van der Waals surface area (Å²) in [6.45, 7) is 4.10. The van der Waals surface area contributed by atoms with E-state index in [1.165, 1.54) is 19.1 Å². The minimum atomic E-state index is -4.67. The van der Waals surface area contributed by atoms with Gasteiger partial charge in [0.25, 0.3) is 0 Å². The maximum atomic E-state index is 12.0. The van der Waals surface area contributed by atoms with Gasteiger partial charge in [0.1, 0.15) is 5.75 Å². The second-order valence-corrected chi connectivity index (χ2v) is 4.53. The number of alkyl halides is 3. The standard InChI is InChI=1S/C13H15F3N2O2/c1-10(19)17-6-8-18(9-7-17)11-2-4-12(5-3-11)20-13(14,15)16/h2-5H,6-9H2,1H3. The largest absolute Gasteiger partial charge is 0.573 e. The normalized spacial score (nSPS) is 16.2. The van der Waals surface area contributed by atoms with E-state index in [9.17, 15) is 18.0 Å². The lowest BCUT2D eigenvalue weighted by Crippen LogP contribution is -2.48. The number of hydrogen-bond donors (Lipinski definition) is 0. The smallest absolute Gasteiger partial charge is 0.406 e. The molecule has 20 heavy (non-hydrogen) atoms. The molecule has 0 saturated carbocycles. The maximum Gasteiger partial charge on any atom is 0.573 e. The maximum absolute atomic E-state index is 12.0. The minimum absolute atomic E-state index is 0.0403. The van der Waals surface area contributed by atoms with E-state index >= 15 is 0 Å². The fraction of sp³-hybridized carbons (Fsp3) is 0.462. The summed E-state index contributed by atoms with van der Waals surface area (Å²) in [4.78, 5) is 15.0. The fourth-order valence-corrected chi connectivity index (χ4v) is 2.14. The highest BCUT2D eigenvalue weighted by Crippen LogP contribution is 2.25. The molecule has 0 aliphatic carbocycles. The van der Waals surface area contributed by atoms with Gasteiger partial charge in [0.2, 0.25) is 5.91 Å². The lowest BCUT2D eigenvalue weighted by Gasteiger charge is -2.35. The molecule has 7 heteroatoms. The molecular weight excluding hydrogens is 273 g/mol. The molecule has 1 fully saturated rings. The Morgan fingerprint density at radius 3 is 2.10 bits per heavy atom. The summed E-state index contributed by atoms with van der Waals surface area (Å²) in [6, 6.07) is 5.76. The number of rotatable bonds is 2. The molecular formula is C13H15F3N2O2. The van der Waals surface area contributed by atoms with Gasteiger partial charge in [-0.1, -0.05) is 0 Å². The molecule has 0 N–H and O–H groups in total. The molecule has 1 amide bonds. The third-order valence-corrected chi connectivity index (χ3v) is 3.16. The number of anilines is 1. The number of halogens is 3. The number of nitrogens with zero attached hydrogens (tertiary/aromatic N) is 2. The zero-order valence-corrected chi connectivity index (χ0v) is 11.0. The van der Waals surface area contributed by atoms with Crippen molar-refractivity contribution >= 4 is 11.6 Å². The Morgan fingerprint density at radius 1 is 1.10 bits per heavy atom. The Kier molecular flexibility index (Phi) is 4.06. The number of amides is 1. The van der Waals surface area contributed by atoms with E-state index in [1.54, 1.807) is 17.0 Å². The van der Waals surface area contributed by atoms with Gasteiger partial charge in [-0.3, -0.25) is 4.79 Å². The first-order valence-corrected chi connectivity index (χ1v) is 6.21. The molecule has 2 rings (SSSR count). The first-order chi connectivity index (χ1) is 9.35. The van der Waals surface area contributed by atoms with Crippen LogP contribution < -0.4 is 9.64 Å². The number of carbonyl (C=O) groups is 1. The van der Waals surface area contributed by atoms with E-state index in [1.807, 2.05) is 4.90 Å². The van der Waals surface area contributed by atoms with Crippen molar-refractivity contribution in [1.29, 1.82) is 0 Å². The van der Waals surface area contributed by atoms with Gasteiger partial charge in [0, 0.05) is 38.8 Å². The Labute approximate surface area is 114 Å². The molecule has 1 heterocycles. The van der Waals surface area contributed by atoms with Crippen LogP contribution in [0.4, 0.5) is 18.9 Å². The quantitative estimate of drug-likeness (QED) is 0.837.